The number of rotatable bonds is 4. The molecule has 0 aliphatic carbocycles. The van der Waals surface area contributed by atoms with Crippen molar-refractivity contribution in [2.75, 3.05) is 7.11 Å². The predicted octanol–water partition coefficient (Wildman–Crippen LogP) is 3.59. The van der Waals surface area contributed by atoms with Gasteiger partial charge in [0, 0.05) is 5.56 Å². The van der Waals surface area contributed by atoms with Crippen LogP contribution in [0.15, 0.2) is 60.7 Å². The zero-order chi connectivity index (χ0) is 12.8. The number of carbonyl (C=O) groups excluding carboxylic acids is 1. The van der Waals surface area contributed by atoms with Crippen LogP contribution < -0.4 is 4.74 Å². The number of hydrogen-bond acceptors (Lipinski definition) is 2. The van der Waals surface area contributed by atoms with Crippen molar-refractivity contribution in [3.8, 4) is 5.75 Å². The summed E-state index contributed by atoms with van der Waals surface area (Å²) < 4.78 is 5.13. The summed E-state index contributed by atoms with van der Waals surface area (Å²) in [5.41, 5.74) is 1.63. The Hall–Kier alpha value is -2.35. The van der Waals surface area contributed by atoms with Crippen LogP contribution in [0.5, 0.6) is 5.75 Å². The van der Waals surface area contributed by atoms with E-state index in [9.17, 15) is 4.79 Å². The molecular weight excluding hydrogens is 224 g/mol. The van der Waals surface area contributed by atoms with Gasteiger partial charge >= 0.3 is 0 Å². The van der Waals surface area contributed by atoms with E-state index in [-0.39, 0.29) is 5.78 Å². The zero-order valence-electron chi connectivity index (χ0n) is 10.2. The van der Waals surface area contributed by atoms with Crippen LogP contribution in [-0.4, -0.2) is 12.9 Å². The molecule has 2 rings (SSSR count). The third-order valence-corrected chi connectivity index (χ3v) is 2.58. The van der Waals surface area contributed by atoms with Gasteiger partial charge in [-0.1, -0.05) is 48.5 Å². The SMILES string of the molecule is COc1cccc(/C=C\C(=O)c2ccccc2)c1. The van der Waals surface area contributed by atoms with Gasteiger partial charge in [0.1, 0.15) is 5.75 Å². The van der Waals surface area contributed by atoms with E-state index in [1.165, 1.54) is 0 Å². The second kappa shape index (κ2) is 5.82. The fraction of sp³-hybridized carbons (Fsp3) is 0.0625. The molecule has 2 aromatic rings. The minimum atomic E-state index is -0.00146. The van der Waals surface area contributed by atoms with Gasteiger partial charge in [-0.2, -0.15) is 0 Å². The van der Waals surface area contributed by atoms with Crippen molar-refractivity contribution in [3.63, 3.8) is 0 Å². The molecule has 0 unspecified atom stereocenters. The fourth-order valence-electron chi connectivity index (χ4n) is 1.62. The summed E-state index contributed by atoms with van der Waals surface area (Å²) in [5, 5.41) is 0. The Morgan fingerprint density at radius 1 is 1.06 bits per heavy atom. The van der Waals surface area contributed by atoms with Gasteiger partial charge in [0.2, 0.25) is 0 Å². The summed E-state index contributed by atoms with van der Waals surface area (Å²) in [7, 11) is 1.62. The zero-order valence-corrected chi connectivity index (χ0v) is 10.2. The predicted molar refractivity (Wildman–Crippen MR) is 72.8 cm³/mol. The maximum absolute atomic E-state index is 11.9. The second-order valence-corrected chi connectivity index (χ2v) is 3.84. The average molecular weight is 238 g/mol. The first-order valence-electron chi connectivity index (χ1n) is 5.71. The molecule has 18 heavy (non-hydrogen) atoms. The first-order valence-corrected chi connectivity index (χ1v) is 5.71. The Balaban J connectivity index is 2.13. The van der Waals surface area contributed by atoms with E-state index in [0.717, 1.165) is 11.3 Å². The van der Waals surface area contributed by atoms with Crippen LogP contribution >= 0.6 is 0 Å². The van der Waals surface area contributed by atoms with Gasteiger partial charge in [-0.15, -0.1) is 0 Å². The van der Waals surface area contributed by atoms with E-state index in [0.29, 0.717) is 5.56 Å². The lowest BCUT2D eigenvalue weighted by Gasteiger charge is -2.00. The minimum Gasteiger partial charge on any atom is -0.497 e. The quantitative estimate of drug-likeness (QED) is 0.601. The van der Waals surface area contributed by atoms with Gasteiger partial charge in [-0.25, -0.2) is 0 Å². The van der Waals surface area contributed by atoms with Crippen molar-refractivity contribution in [3.05, 3.63) is 71.8 Å². The molecule has 0 N–H and O–H groups in total. The molecule has 0 heterocycles. The summed E-state index contributed by atoms with van der Waals surface area (Å²) in [4.78, 5) is 11.9. The molecule has 0 aliphatic rings. The van der Waals surface area contributed by atoms with E-state index in [1.807, 2.05) is 42.5 Å². The van der Waals surface area contributed by atoms with Gasteiger partial charge in [0.15, 0.2) is 5.78 Å². The molecule has 0 saturated heterocycles. The van der Waals surface area contributed by atoms with Crippen molar-refractivity contribution in [1.82, 2.24) is 0 Å². The standard InChI is InChI=1S/C16H14O2/c1-18-15-9-5-6-13(12-15)10-11-16(17)14-7-3-2-4-8-14/h2-12H,1H3/b11-10-. The molecule has 0 bridgehead atoms. The monoisotopic (exact) mass is 238 g/mol. The van der Waals surface area contributed by atoms with Gasteiger partial charge in [-0.3, -0.25) is 4.79 Å². The molecule has 0 spiro atoms. The number of ether oxygens (including phenoxy) is 1. The van der Waals surface area contributed by atoms with Gasteiger partial charge in [0.25, 0.3) is 0 Å². The molecule has 0 fully saturated rings. The lowest BCUT2D eigenvalue weighted by Crippen LogP contribution is -1.92. The summed E-state index contributed by atoms with van der Waals surface area (Å²) in [6.07, 6.45) is 3.36. The van der Waals surface area contributed by atoms with E-state index in [4.69, 9.17) is 4.74 Å². The Bertz CT molecular complexity index is 556. The van der Waals surface area contributed by atoms with Crippen LogP contribution in [0, 0.1) is 0 Å². The Labute approximate surface area is 107 Å². The van der Waals surface area contributed by atoms with Crippen molar-refractivity contribution in [2.45, 2.75) is 0 Å². The Kier molecular flexibility index (Phi) is 3.92. The highest BCUT2D eigenvalue weighted by molar-refractivity contribution is 6.06. The second-order valence-electron chi connectivity index (χ2n) is 3.84. The molecule has 0 atom stereocenters. The molecule has 0 radical (unpaired) electrons. The number of ketones is 1. The fourth-order valence-corrected chi connectivity index (χ4v) is 1.62. The maximum atomic E-state index is 11.9. The van der Waals surface area contributed by atoms with Crippen molar-refractivity contribution in [2.24, 2.45) is 0 Å². The van der Waals surface area contributed by atoms with Crippen molar-refractivity contribution in [1.29, 1.82) is 0 Å². The van der Waals surface area contributed by atoms with E-state index >= 15 is 0 Å². The summed E-state index contributed by atoms with van der Waals surface area (Å²) in [6, 6.07) is 16.8. The van der Waals surface area contributed by atoms with Crippen LogP contribution in [-0.2, 0) is 0 Å². The summed E-state index contributed by atoms with van der Waals surface area (Å²) in [6.45, 7) is 0. The molecule has 0 amide bonds. The van der Waals surface area contributed by atoms with Gasteiger partial charge < -0.3 is 4.74 Å². The van der Waals surface area contributed by atoms with E-state index < -0.39 is 0 Å². The van der Waals surface area contributed by atoms with Crippen molar-refractivity contribution >= 4 is 11.9 Å². The molecule has 90 valence electrons. The normalized spacial score (nSPS) is 10.5. The molecule has 2 heteroatoms. The molecule has 2 aromatic carbocycles. The van der Waals surface area contributed by atoms with Crippen LogP contribution in [0.25, 0.3) is 6.08 Å². The minimum absolute atomic E-state index is 0.00146. The van der Waals surface area contributed by atoms with Gasteiger partial charge in [-0.05, 0) is 23.8 Å². The van der Waals surface area contributed by atoms with Gasteiger partial charge in [0.05, 0.1) is 7.11 Å². The Morgan fingerprint density at radius 3 is 2.56 bits per heavy atom. The van der Waals surface area contributed by atoms with E-state index in [1.54, 1.807) is 31.4 Å². The Morgan fingerprint density at radius 2 is 1.83 bits per heavy atom. The molecule has 0 aromatic heterocycles. The summed E-state index contributed by atoms with van der Waals surface area (Å²) >= 11 is 0. The summed E-state index contributed by atoms with van der Waals surface area (Å²) in [5.74, 6) is 0.780. The lowest BCUT2D eigenvalue weighted by atomic mass is 10.1. The topological polar surface area (TPSA) is 26.3 Å². The van der Waals surface area contributed by atoms with Crippen molar-refractivity contribution < 1.29 is 9.53 Å². The number of methoxy groups -OCH3 is 1. The van der Waals surface area contributed by atoms with Crippen LogP contribution in [0.2, 0.25) is 0 Å². The molecule has 0 aliphatic heterocycles. The highest BCUT2D eigenvalue weighted by Gasteiger charge is 1.99. The number of benzene rings is 2. The number of carbonyl (C=O) groups is 1. The number of allylic oxidation sites excluding steroid dienone is 1. The third kappa shape index (κ3) is 3.08. The molecular formula is C16H14O2. The molecule has 0 saturated carbocycles. The first kappa shape index (κ1) is 12.1. The largest absolute Gasteiger partial charge is 0.497 e. The highest BCUT2D eigenvalue weighted by atomic mass is 16.5. The van der Waals surface area contributed by atoms with Crippen LogP contribution in [0.3, 0.4) is 0 Å². The first-order chi connectivity index (χ1) is 8.79. The maximum Gasteiger partial charge on any atom is 0.185 e. The van der Waals surface area contributed by atoms with E-state index in [2.05, 4.69) is 0 Å². The average Bonchev–Trinajstić information content (AvgIpc) is 2.46. The number of hydrogen-bond donors (Lipinski definition) is 0. The molecule has 2 nitrogen and oxygen atoms in total. The highest BCUT2D eigenvalue weighted by Crippen LogP contribution is 2.14. The van der Waals surface area contributed by atoms with Crippen LogP contribution in [0.1, 0.15) is 15.9 Å². The third-order valence-electron chi connectivity index (χ3n) is 2.58. The lowest BCUT2D eigenvalue weighted by molar-refractivity contribution is 0.104. The smallest absolute Gasteiger partial charge is 0.185 e. The van der Waals surface area contributed by atoms with Crippen LogP contribution in [0.4, 0.5) is 0 Å².